The standard InChI is InChI=1S/C18H15Cl3N2O2/c1-2-17(24)22-13-6-7-14(20)16(10-13)23-18(25)8-4-11-3-5-12(19)9-15(11)21/h3-10H,2H2,1H3,(H,22,24)(H,23,25)/b8-4+. The van der Waals surface area contributed by atoms with Crippen LogP contribution in [0.5, 0.6) is 0 Å². The highest BCUT2D eigenvalue weighted by Gasteiger charge is 2.07. The molecule has 0 aliphatic carbocycles. The molecule has 0 aliphatic heterocycles. The van der Waals surface area contributed by atoms with E-state index < -0.39 is 0 Å². The van der Waals surface area contributed by atoms with Gasteiger partial charge in [-0.2, -0.15) is 0 Å². The lowest BCUT2D eigenvalue weighted by Crippen LogP contribution is -2.11. The monoisotopic (exact) mass is 396 g/mol. The van der Waals surface area contributed by atoms with Gasteiger partial charge in [0.25, 0.3) is 0 Å². The topological polar surface area (TPSA) is 58.2 Å². The maximum absolute atomic E-state index is 12.1. The van der Waals surface area contributed by atoms with Crippen molar-refractivity contribution in [1.29, 1.82) is 0 Å². The third kappa shape index (κ3) is 5.78. The van der Waals surface area contributed by atoms with Gasteiger partial charge in [0.05, 0.1) is 10.7 Å². The quantitative estimate of drug-likeness (QED) is 0.641. The molecule has 0 unspecified atom stereocenters. The second kappa shape index (κ2) is 8.90. The van der Waals surface area contributed by atoms with E-state index in [-0.39, 0.29) is 11.8 Å². The van der Waals surface area contributed by atoms with Gasteiger partial charge in [-0.15, -0.1) is 0 Å². The SMILES string of the molecule is CCC(=O)Nc1ccc(Cl)c(NC(=O)/C=C/c2ccc(Cl)cc2Cl)c1. The van der Waals surface area contributed by atoms with E-state index in [4.69, 9.17) is 34.8 Å². The molecule has 25 heavy (non-hydrogen) atoms. The minimum Gasteiger partial charge on any atom is -0.326 e. The zero-order valence-corrected chi connectivity index (χ0v) is 15.5. The minimum atomic E-state index is -0.383. The summed E-state index contributed by atoms with van der Waals surface area (Å²) in [5.41, 5.74) is 1.61. The normalized spacial score (nSPS) is 10.7. The molecule has 4 nitrogen and oxygen atoms in total. The first-order valence-electron chi connectivity index (χ1n) is 7.42. The average molecular weight is 398 g/mol. The van der Waals surface area contributed by atoms with Gasteiger partial charge in [-0.3, -0.25) is 9.59 Å². The van der Waals surface area contributed by atoms with E-state index in [1.54, 1.807) is 49.4 Å². The Morgan fingerprint density at radius 1 is 1.00 bits per heavy atom. The third-order valence-electron chi connectivity index (χ3n) is 3.21. The zero-order valence-electron chi connectivity index (χ0n) is 13.3. The molecule has 0 aromatic heterocycles. The van der Waals surface area contributed by atoms with Crippen LogP contribution < -0.4 is 10.6 Å². The number of halogens is 3. The lowest BCUT2D eigenvalue weighted by Gasteiger charge is -2.09. The van der Waals surface area contributed by atoms with Gasteiger partial charge in [-0.1, -0.05) is 47.8 Å². The zero-order chi connectivity index (χ0) is 18.4. The Hall–Kier alpha value is -2.01. The summed E-state index contributed by atoms with van der Waals surface area (Å²) in [6, 6.07) is 9.84. The Bertz CT molecular complexity index is 835. The number of carbonyl (C=O) groups is 2. The van der Waals surface area contributed by atoms with E-state index in [1.165, 1.54) is 6.08 Å². The molecule has 0 bridgehead atoms. The van der Waals surface area contributed by atoms with E-state index in [0.717, 1.165) is 0 Å². The second-order valence-electron chi connectivity index (χ2n) is 5.08. The van der Waals surface area contributed by atoms with Crippen LogP contribution in [0.3, 0.4) is 0 Å². The molecule has 2 N–H and O–H groups in total. The van der Waals surface area contributed by atoms with Gasteiger partial charge in [-0.25, -0.2) is 0 Å². The first-order chi connectivity index (χ1) is 11.9. The molecule has 130 valence electrons. The summed E-state index contributed by atoms with van der Waals surface area (Å²) in [6.45, 7) is 1.75. The predicted octanol–water partition coefficient (Wildman–Crippen LogP) is 5.65. The molecule has 2 aromatic carbocycles. The van der Waals surface area contributed by atoms with E-state index in [0.29, 0.717) is 38.4 Å². The molecule has 0 spiro atoms. The molecule has 2 rings (SSSR count). The molecule has 0 radical (unpaired) electrons. The molecule has 0 fully saturated rings. The highest BCUT2D eigenvalue weighted by Crippen LogP contribution is 2.26. The molecule has 0 heterocycles. The van der Waals surface area contributed by atoms with E-state index >= 15 is 0 Å². The summed E-state index contributed by atoms with van der Waals surface area (Å²) in [7, 11) is 0. The molecule has 0 aliphatic rings. The summed E-state index contributed by atoms with van der Waals surface area (Å²) < 4.78 is 0. The van der Waals surface area contributed by atoms with Crippen LogP contribution in [0, 0.1) is 0 Å². The largest absolute Gasteiger partial charge is 0.326 e. The van der Waals surface area contributed by atoms with Crippen LogP contribution in [0.15, 0.2) is 42.5 Å². The van der Waals surface area contributed by atoms with Crippen molar-refractivity contribution in [3.05, 3.63) is 63.1 Å². The van der Waals surface area contributed by atoms with Crippen LogP contribution in [0.2, 0.25) is 15.1 Å². The van der Waals surface area contributed by atoms with Gasteiger partial charge in [0, 0.05) is 28.2 Å². The van der Waals surface area contributed by atoms with Crippen molar-refractivity contribution < 1.29 is 9.59 Å². The Labute approximate surface area is 160 Å². The number of nitrogens with one attached hydrogen (secondary N) is 2. The van der Waals surface area contributed by atoms with E-state index in [1.807, 2.05) is 0 Å². The molecule has 0 atom stereocenters. The van der Waals surface area contributed by atoms with Crippen LogP contribution in [-0.2, 0) is 9.59 Å². The fourth-order valence-electron chi connectivity index (χ4n) is 1.92. The lowest BCUT2D eigenvalue weighted by molar-refractivity contribution is -0.116. The van der Waals surface area contributed by atoms with Crippen molar-refractivity contribution in [2.75, 3.05) is 10.6 Å². The van der Waals surface area contributed by atoms with Crippen molar-refractivity contribution in [3.8, 4) is 0 Å². The first kappa shape index (κ1) is 19.3. The van der Waals surface area contributed by atoms with Gasteiger partial charge >= 0.3 is 0 Å². The van der Waals surface area contributed by atoms with Gasteiger partial charge in [-0.05, 0) is 42.0 Å². The Morgan fingerprint density at radius 2 is 1.76 bits per heavy atom. The van der Waals surface area contributed by atoms with Gasteiger partial charge in [0.1, 0.15) is 0 Å². The maximum atomic E-state index is 12.1. The molecular formula is C18H15Cl3N2O2. The fourth-order valence-corrected chi connectivity index (χ4v) is 2.56. The van der Waals surface area contributed by atoms with Crippen LogP contribution in [-0.4, -0.2) is 11.8 Å². The Kier molecular flexibility index (Phi) is 6.88. The van der Waals surface area contributed by atoms with Crippen molar-refractivity contribution in [2.24, 2.45) is 0 Å². The lowest BCUT2D eigenvalue weighted by atomic mass is 10.2. The number of amides is 2. The number of hydrogen-bond acceptors (Lipinski definition) is 2. The molecule has 2 amide bonds. The molecular weight excluding hydrogens is 383 g/mol. The molecule has 7 heteroatoms. The van der Waals surface area contributed by atoms with Crippen LogP contribution in [0.4, 0.5) is 11.4 Å². The number of benzene rings is 2. The Balaban J connectivity index is 2.10. The number of carbonyl (C=O) groups excluding carboxylic acids is 2. The fraction of sp³-hybridized carbons (Fsp3) is 0.111. The summed E-state index contributed by atoms with van der Waals surface area (Å²) >= 11 is 18.0. The number of rotatable bonds is 5. The second-order valence-corrected chi connectivity index (χ2v) is 6.34. The van der Waals surface area contributed by atoms with Gasteiger partial charge in [0.15, 0.2) is 0 Å². The predicted molar refractivity (Wildman–Crippen MR) is 104 cm³/mol. The highest BCUT2D eigenvalue weighted by molar-refractivity contribution is 6.35. The van der Waals surface area contributed by atoms with Crippen molar-refractivity contribution in [2.45, 2.75) is 13.3 Å². The first-order valence-corrected chi connectivity index (χ1v) is 8.56. The summed E-state index contributed by atoms with van der Waals surface area (Å²) in [5.74, 6) is -0.510. The summed E-state index contributed by atoms with van der Waals surface area (Å²) in [5, 5.41) is 6.69. The average Bonchev–Trinajstić information content (AvgIpc) is 2.57. The van der Waals surface area contributed by atoms with E-state index in [2.05, 4.69) is 10.6 Å². The molecule has 0 saturated carbocycles. The number of hydrogen-bond donors (Lipinski definition) is 2. The molecule has 2 aromatic rings. The van der Waals surface area contributed by atoms with Crippen molar-refractivity contribution >= 4 is 64.1 Å². The van der Waals surface area contributed by atoms with Gasteiger partial charge in [0.2, 0.25) is 11.8 Å². The smallest absolute Gasteiger partial charge is 0.248 e. The van der Waals surface area contributed by atoms with Crippen LogP contribution in [0.1, 0.15) is 18.9 Å². The number of anilines is 2. The summed E-state index contributed by atoms with van der Waals surface area (Å²) in [6.07, 6.45) is 3.27. The van der Waals surface area contributed by atoms with E-state index in [9.17, 15) is 9.59 Å². The summed E-state index contributed by atoms with van der Waals surface area (Å²) in [4.78, 5) is 23.5. The maximum Gasteiger partial charge on any atom is 0.248 e. The minimum absolute atomic E-state index is 0.128. The Morgan fingerprint density at radius 3 is 2.44 bits per heavy atom. The highest BCUT2D eigenvalue weighted by atomic mass is 35.5. The molecule has 0 saturated heterocycles. The van der Waals surface area contributed by atoms with Gasteiger partial charge < -0.3 is 10.6 Å². The van der Waals surface area contributed by atoms with Crippen LogP contribution in [0.25, 0.3) is 6.08 Å². The van der Waals surface area contributed by atoms with Crippen LogP contribution >= 0.6 is 34.8 Å². The van der Waals surface area contributed by atoms with Crippen molar-refractivity contribution in [1.82, 2.24) is 0 Å². The third-order valence-corrected chi connectivity index (χ3v) is 4.10. The van der Waals surface area contributed by atoms with Crippen molar-refractivity contribution in [3.63, 3.8) is 0 Å².